The molecule has 0 aliphatic carbocycles. The van der Waals surface area contributed by atoms with Crippen molar-refractivity contribution in [1.82, 2.24) is 4.90 Å². The Morgan fingerprint density at radius 3 is 2.16 bits per heavy atom. The molecule has 2 aromatic carbocycles. The Morgan fingerprint density at radius 1 is 0.935 bits per heavy atom. The second-order valence-electron chi connectivity index (χ2n) is 7.35. The minimum absolute atomic E-state index is 0.190. The Kier molecular flexibility index (Phi) is 7.48. The number of ether oxygens (including phenoxy) is 2. The number of urea groups is 1. The van der Waals surface area contributed by atoms with Crippen LogP contribution in [-0.2, 0) is 14.3 Å². The van der Waals surface area contributed by atoms with Gasteiger partial charge in [-0.15, -0.1) is 0 Å². The fourth-order valence-electron chi connectivity index (χ4n) is 3.28. The van der Waals surface area contributed by atoms with Crippen molar-refractivity contribution in [3.63, 3.8) is 0 Å². The highest BCUT2D eigenvalue weighted by Gasteiger charge is 2.30. The highest BCUT2D eigenvalue weighted by Crippen LogP contribution is 2.21. The molecular weight excluding hydrogens is 398 g/mol. The predicted molar refractivity (Wildman–Crippen MR) is 117 cm³/mol. The Labute approximate surface area is 181 Å². The Morgan fingerprint density at radius 2 is 1.55 bits per heavy atom. The topological polar surface area (TPSA) is 97.0 Å². The minimum Gasteiger partial charge on any atom is -0.497 e. The van der Waals surface area contributed by atoms with E-state index in [9.17, 15) is 14.4 Å². The van der Waals surface area contributed by atoms with Crippen LogP contribution in [0.25, 0.3) is 0 Å². The summed E-state index contributed by atoms with van der Waals surface area (Å²) < 4.78 is 10.4. The number of hydrogen-bond acceptors (Lipinski definition) is 5. The van der Waals surface area contributed by atoms with E-state index in [4.69, 9.17) is 9.47 Å². The van der Waals surface area contributed by atoms with Crippen molar-refractivity contribution in [1.29, 1.82) is 0 Å². The number of para-hydroxylation sites is 1. The Bertz CT molecular complexity index is 893. The highest BCUT2D eigenvalue weighted by molar-refractivity contribution is 5.95. The first kappa shape index (κ1) is 22.1. The molecule has 1 aliphatic heterocycles. The van der Waals surface area contributed by atoms with Crippen LogP contribution in [0.1, 0.15) is 19.8 Å². The van der Waals surface area contributed by atoms with Gasteiger partial charge in [0.1, 0.15) is 5.75 Å². The molecular formula is C23H27N3O5. The fourth-order valence-corrected chi connectivity index (χ4v) is 3.28. The smallest absolute Gasteiger partial charge is 0.321 e. The number of amides is 3. The summed E-state index contributed by atoms with van der Waals surface area (Å²) in [7, 11) is 1.56. The van der Waals surface area contributed by atoms with Crippen molar-refractivity contribution in [3.05, 3.63) is 54.6 Å². The molecule has 3 amide bonds. The van der Waals surface area contributed by atoms with Gasteiger partial charge < -0.3 is 25.0 Å². The molecule has 31 heavy (non-hydrogen) atoms. The summed E-state index contributed by atoms with van der Waals surface area (Å²) >= 11 is 0. The molecule has 0 radical (unpaired) electrons. The van der Waals surface area contributed by atoms with Crippen molar-refractivity contribution in [2.75, 3.05) is 30.8 Å². The summed E-state index contributed by atoms with van der Waals surface area (Å²) in [5.74, 6) is -0.475. The van der Waals surface area contributed by atoms with Crippen LogP contribution in [0.5, 0.6) is 5.75 Å². The van der Waals surface area contributed by atoms with Crippen LogP contribution in [0.3, 0.4) is 0 Å². The molecule has 0 bridgehead atoms. The van der Waals surface area contributed by atoms with Crippen molar-refractivity contribution < 1.29 is 23.9 Å². The van der Waals surface area contributed by atoms with Gasteiger partial charge in [0, 0.05) is 24.5 Å². The van der Waals surface area contributed by atoms with Crippen molar-refractivity contribution >= 4 is 29.3 Å². The molecule has 2 N–H and O–H groups in total. The first-order valence-electron chi connectivity index (χ1n) is 10.2. The van der Waals surface area contributed by atoms with E-state index in [2.05, 4.69) is 10.6 Å². The van der Waals surface area contributed by atoms with E-state index < -0.39 is 18.0 Å². The van der Waals surface area contributed by atoms with E-state index in [1.165, 1.54) is 0 Å². The lowest BCUT2D eigenvalue weighted by Crippen LogP contribution is -2.43. The van der Waals surface area contributed by atoms with Gasteiger partial charge >= 0.3 is 12.0 Å². The van der Waals surface area contributed by atoms with Gasteiger partial charge in [-0.3, -0.25) is 9.59 Å². The lowest BCUT2D eigenvalue weighted by Gasteiger charge is -2.31. The summed E-state index contributed by atoms with van der Waals surface area (Å²) in [6.45, 7) is 2.44. The van der Waals surface area contributed by atoms with Crippen molar-refractivity contribution in [2.45, 2.75) is 25.9 Å². The van der Waals surface area contributed by atoms with Gasteiger partial charge in [-0.25, -0.2) is 4.79 Å². The standard InChI is InChI=1S/C23H27N3O5/c1-16(21(27)24-19-8-10-20(30-2)11-9-19)31-22(28)17-12-14-26(15-13-17)23(29)25-18-6-4-3-5-7-18/h3-11,16-17H,12-15H2,1-2H3,(H,24,27)(H,25,29)/t16-/m1/s1. The van der Waals surface area contributed by atoms with Crippen molar-refractivity contribution in [2.24, 2.45) is 5.92 Å². The van der Waals surface area contributed by atoms with Gasteiger partial charge in [0.25, 0.3) is 5.91 Å². The lowest BCUT2D eigenvalue weighted by molar-refractivity contribution is -0.158. The van der Waals surface area contributed by atoms with Gasteiger partial charge in [-0.05, 0) is 56.2 Å². The third-order valence-electron chi connectivity index (χ3n) is 5.16. The Hall–Kier alpha value is -3.55. The molecule has 0 spiro atoms. The fraction of sp³-hybridized carbons (Fsp3) is 0.348. The second kappa shape index (κ2) is 10.5. The molecule has 0 unspecified atom stereocenters. The van der Waals surface area contributed by atoms with Crippen LogP contribution in [0.2, 0.25) is 0 Å². The van der Waals surface area contributed by atoms with E-state index >= 15 is 0 Å². The molecule has 1 atom stereocenters. The van der Waals surface area contributed by atoms with Gasteiger partial charge in [-0.1, -0.05) is 18.2 Å². The maximum atomic E-state index is 12.5. The zero-order valence-electron chi connectivity index (χ0n) is 17.7. The summed E-state index contributed by atoms with van der Waals surface area (Å²) in [6, 6.07) is 15.9. The van der Waals surface area contributed by atoms with Crippen LogP contribution in [0, 0.1) is 5.92 Å². The summed E-state index contributed by atoms with van der Waals surface area (Å²) in [6.07, 6.45) is 0.0656. The average molecular weight is 425 g/mol. The van der Waals surface area contributed by atoms with E-state index in [0.717, 1.165) is 5.69 Å². The zero-order valence-corrected chi connectivity index (χ0v) is 17.7. The highest BCUT2D eigenvalue weighted by atomic mass is 16.5. The van der Waals surface area contributed by atoms with Crippen LogP contribution in [0.15, 0.2) is 54.6 Å². The lowest BCUT2D eigenvalue weighted by atomic mass is 9.97. The normalized spacial score (nSPS) is 15.0. The number of benzene rings is 2. The van der Waals surface area contributed by atoms with Gasteiger partial charge in [0.2, 0.25) is 0 Å². The molecule has 0 saturated carbocycles. The average Bonchev–Trinajstić information content (AvgIpc) is 2.80. The number of piperidine rings is 1. The van der Waals surface area contributed by atoms with E-state index in [1.54, 1.807) is 43.2 Å². The third kappa shape index (κ3) is 6.21. The quantitative estimate of drug-likeness (QED) is 0.691. The first-order valence-corrected chi connectivity index (χ1v) is 10.2. The summed E-state index contributed by atoms with van der Waals surface area (Å²) in [5, 5.41) is 5.56. The first-order chi connectivity index (χ1) is 15.0. The number of rotatable bonds is 6. The molecule has 0 aromatic heterocycles. The molecule has 2 aromatic rings. The van der Waals surface area contributed by atoms with Crippen LogP contribution in [-0.4, -0.2) is 49.1 Å². The second-order valence-corrected chi connectivity index (χ2v) is 7.35. The minimum atomic E-state index is -0.922. The van der Waals surface area contributed by atoms with Crippen LogP contribution in [0.4, 0.5) is 16.2 Å². The summed E-state index contributed by atoms with van der Waals surface area (Å²) in [4.78, 5) is 38.8. The number of anilines is 2. The number of nitrogens with one attached hydrogen (secondary N) is 2. The predicted octanol–water partition coefficient (Wildman–Crippen LogP) is 3.51. The molecule has 1 fully saturated rings. The molecule has 1 aliphatic rings. The Balaban J connectivity index is 1.43. The molecule has 8 nitrogen and oxygen atoms in total. The van der Waals surface area contributed by atoms with E-state index in [0.29, 0.717) is 37.4 Å². The van der Waals surface area contributed by atoms with E-state index in [-0.39, 0.29) is 11.9 Å². The number of methoxy groups -OCH3 is 1. The molecule has 1 saturated heterocycles. The SMILES string of the molecule is COc1ccc(NC(=O)[C@@H](C)OC(=O)C2CCN(C(=O)Nc3ccccc3)CC2)cc1. The largest absolute Gasteiger partial charge is 0.497 e. The van der Waals surface area contributed by atoms with Gasteiger partial charge in [0.05, 0.1) is 13.0 Å². The van der Waals surface area contributed by atoms with Crippen molar-refractivity contribution in [3.8, 4) is 5.75 Å². The van der Waals surface area contributed by atoms with Crippen LogP contribution < -0.4 is 15.4 Å². The van der Waals surface area contributed by atoms with Gasteiger partial charge in [0.15, 0.2) is 6.10 Å². The molecule has 164 valence electrons. The maximum Gasteiger partial charge on any atom is 0.321 e. The molecule has 3 rings (SSSR count). The van der Waals surface area contributed by atoms with Crippen LogP contribution >= 0.6 is 0 Å². The summed E-state index contributed by atoms with van der Waals surface area (Å²) in [5.41, 5.74) is 1.32. The maximum absolute atomic E-state index is 12.5. The molecule has 8 heteroatoms. The monoisotopic (exact) mass is 425 g/mol. The number of esters is 1. The third-order valence-corrected chi connectivity index (χ3v) is 5.16. The number of hydrogen-bond donors (Lipinski definition) is 2. The van der Waals surface area contributed by atoms with E-state index in [1.807, 2.05) is 30.3 Å². The van der Waals surface area contributed by atoms with Gasteiger partial charge in [-0.2, -0.15) is 0 Å². The number of likely N-dealkylation sites (tertiary alicyclic amines) is 1. The number of carbonyl (C=O) groups excluding carboxylic acids is 3. The number of carbonyl (C=O) groups is 3. The number of nitrogens with zero attached hydrogens (tertiary/aromatic N) is 1. The molecule has 1 heterocycles. The zero-order chi connectivity index (χ0) is 22.2.